The highest BCUT2D eigenvalue weighted by Crippen LogP contribution is 2.15. The molecular formula is C12H26N2O4S. The van der Waals surface area contributed by atoms with Crippen molar-refractivity contribution in [2.24, 2.45) is 0 Å². The third kappa shape index (κ3) is 5.35. The zero-order chi connectivity index (χ0) is 14.7. The number of hydrogen-bond donors (Lipinski definition) is 2. The molecule has 0 aromatic heterocycles. The smallest absolute Gasteiger partial charge is 0.279 e. The summed E-state index contributed by atoms with van der Waals surface area (Å²) >= 11 is 0. The predicted octanol–water partition coefficient (Wildman–Crippen LogP) is 0.481. The quantitative estimate of drug-likeness (QED) is 0.747. The molecule has 0 aromatic carbocycles. The highest BCUT2D eigenvalue weighted by molar-refractivity contribution is 7.87. The lowest BCUT2D eigenvalue weighted by molar-refractivity contribution is -0.0445. The second kappa shape index (κ2) is 6.49. The van der Waals surface area contributed by atoms with Crippen LogP contribution in [0.25, 0.3) is 0 Å². The van der Waals surface area contributed by atoms with Crippen LogP contribution in [0.3, 0.4) is 0 Å². The number of hydrogen-bond acceptors (Lipinski definition) is 4. The fourth-order valence-corrected chi connectivity index (χ4v) is 3.78. The van der Waals surface area contributed by atoms with Gasteiger partial charge in [-0.25, -0.2) is 0 Å². The Balaban J connectivity index is 2.60. The first-order chi connectivity index (χ1) is 8.66. The average Bonchev–Trinajstić information content (AvgIpc) is 2.25. The summed E-state index contributed by atoms with van der Waals surface area (Å²) < 4.78 is 33.7. The van der Waals surface area contributed by atoms with Crippen LogP contribution < -0.4 is 4.72 Å². The summed E-state index contributed by atoms with van der Waals surface area (Å²) in [5.74, 6) is 0. The third-order valence-electron chi connectivity index (χ3n) is 3.15. The van der Waals surface area contributed by atoms with Crippen LogP contribution in [-0.2, 0) is 14.9 Å². The average molecular weight is 294 g/mol. The van der Waals surface area contributed by atoms with Gasteiger partial charge < -0.3 is 9.84 Å². The van der Waals surface area contributed by atoms with Crippen LogP contribution in [0.1, 0.15) is 40.5 Å². The minimum atomic E-state index is -3.56. The van der Waals surface area contributed by atoms with Crippen molar-refractivity contribution in [3.8, 4) is 0 Å². The molecule has 3 unspecified atom stereocenters. The van der Waals surface area contributed by atoms with E-state index in [9.17, 15) is 13.5 Å². The standard InChI is InChI=1S/C12H26N2O4S/c1-5-6-12(4,15)9-13-19(16,17)14-7-10(2)18-11(3)8-14/h10-11,13,15H,5-9H2,1-4H3. The van der Waals surface area contributed by atoms with Gasteiger partial charge in [0.15, 0.2) is 0 Å². The van der Waals surface area contributed by atoms with Gasteiger partial charge in [0, 0.05) is 19.6 Å². The molecular weight excluding hydrogens is 268 g/mol. The van der Waals surface area contributed by atoms with Crippen molar-refractivity contribution in [1.29, 1.82) is 0 Å². The molecule has 7 heteroatoms. The SMILES string of the molecule is CCCC(C)(O)CNS(=O)(=O)N1CC(C)OC(C)C1. The lowest BCUT2D eigenvalue weighted by atomic mass is 10.0. The molecule has 3 atom stereocenters. The molecule has 0 aliphatic carbocycles. The molecule has 1 rings (SSSR count). The van der Waals surface area contributed by atoms with Gasteiger partial charge in [0.05, 0.1) is 17.8 Å². The fourth-order valence-electron chi connectivity index (χ4n) is 2.29. The van der Waals surface area contributed by atoms with Crippen LogP contribution in [0.2, 0.25) is 0 Å². The Morgan fingerprint density at radius 3 is 2.37 bits per heavy atom. The van der Waals surface area contributed by atoms with Gasteiger partial charge in [-0.2, -0.15) is 17.4 Å². The van der Waals surface area contributed by atoms with Crippen LogP contribution in [0.4, 0.5) is 0 Å². The molecule has 114 valence electrons. The summed E-state index contributed by atoms with van der Waals surface area (Å²) in [5.41, 5.74) is -1.01. The van der Waals surface area contributed by atoms with Crippen molar-refractivity contribution < 1.29 is 18.3 Å². The monoisotopic (exact) mass is 294 g/mol. The lowest BCUT2D eigenvalue weighted by Crippen LogP contribution is -2.53. The molecule has 0 radical (unpaired) electrons. The Hall–Kier alpha value is -0.210. The maximum absolute atomic E-state index is 12.2. The Morgan fingerprint density at radius 2 is 1.89 bits per heavy atom. The van der Waals surface area contributed by atoms with E-state index in [1.54, 1.807) is 6.92 Å². The van der Waals surface area contributed by atoms with Crippen LogP contribution in [-0.4, -0.2) is 55.3 Å². The van der Waals surface area contributed by atoms with Gasteiger partial charge in [0.1, 0.15) is 0 Å². The highest BCUT2D eigenvalue weighted by Gasteiger charge is 2.32. The van der Waals surface area contributed by atoms with Crippen molar-refractivity contribution in [2.75, 3.05) is 19.6 Å². The van der Waals surface area contributed by atoms with E-state index >= 15 is 0 Å². The Labute approximate surface area is 116 Å². The van der Waals surface area contributed by atoms with E-state index in [2.05, 4.69) is 4.72 Å². The van der Waals surface area contributed by atoms with Crippen LogP contribution in [0, 0.1) is 0 Å². The molecule has 0 amide bonds. The van der Waals surface area contributed by atoms with Crippen molar-refractivity contribution >= 4 is 10.2 Å². The molecule has 0 spiro atoms. The van der Waals surface area contributed by atoms with E-state index < -0.39 is 15.8 Å². The van der Waals surface area contributed by atoms with Crippen LogP contribution >= 0.6 is 0 Å². The number of nitrogens with one attached hydrogen (secondary N) is 1. The molecule has 19 heavy (non-hydrogen) atoms. The number of morpholine rings is 1. The van der Waals surface area contributed by atoms with E-state index in [0.29, 0.717) is 19.5 Å². The van der Waals surface area contributed by atoms with E-state index in [0.717, 1.165) is 6.42 Å². The first-order valence-corrected chi connectivity index (χ1v) is 8.23. The zero-order valence-corrected chi connectivity index (χ0v) is 13.0. The Kier molecular flexibility index (Phi) is 5.76. The fraction of sp³-hybridized carbons (Fsp3) is 1.00. The summed E-state index contributed by atoms with van der Waals surface area (Å²) in [6.07, 6.45) is 1.14. The molecule has 0 bridgehead atoms. The number of nitrogens with zero attached hydrogens (tertiary/aromatic N) is 1. The molecule has 1 aliphatic rings. The summed E-state index contributed by atoms with van der Waals surface area (Å²) in [7, 11) is -3.56. The summed E-state index contributed by atoms with van der Waals surface area (Å²) in [5, 5.41) is 10.0. The molecule has 0 aromatic rings. The normalized spacial score (nSPS) is 29.1. The molecule has 6 nitrogen and oxygen atoms in total. The van der Waals surface area contributed by atoms with Gasteiger partial charge in [0.25, 0.3) is 10.2 Å². The molecule has 0 saturated carbocycles. The predicted molar refractivity (Wildman–Crippen MR) is 74.0 cm³/mol. The van der Waals surface area contributed by atoms with Gasteiger partial charge in [-0.15, -0.1) is 0 Å². The van der Waals surface area contributed by atoms with E-state index in [1.807, 2.05) is 20.8 Å². The van der Waals surface area contributed by atoms with E-state index in [1.165, 1.54) is 4.31 Å². The summed E-state index contributed by atoms with van der Waals surface area (Å²) in [6, 6.07) is 0. The molecule has 2 N–H and O–H groups in total. The van der Waals surface area contributed by atoms with Crippen LogP contribution in [0.15, 0.2) is 0 Å². The van der Waals surface area contributed by atoms with Gasteiger partial charge in [-0.1, -0.05) is 13.3 Å². The lowest BCUT2D eigenvalue weighted by Gasteiger charge is -2.35. The van der Waals surface area contributed by atoms with E-state index in [4.69, 9.17) is 4.74 Å². The number of ether oxygens (including phenoxy) is 1. The van der Waals surface area contributed by atoms with Crippen molar-refractivity contribution in [2.45, 2.75) is 58.3 Å². The Bertz CT molecular complexity index is 373. The minimum Gasteiger partial charge on any atom is -0.389 e. The topological polar surface area (TPSA) is 78.9 Å². The maximum atomic E-state index is 12.2. The minimum absolute atomic E-state index is 0.0310. The first kappa shape index (κ1) is 16.8. The second-order valence-electron chi connectivity index (χ2n) is 5.65. The van der Waals surface area contributed by atoms with Crippen molar-refractivity contribution in [3.05, 3.63) is 0 Å². The van der Waals surface area contributed by atoms with Gasteiger partial charge in [-0.05, 0) is 27.2 Å². The van der Waals surface area contributed by atoms with Gasteiger partial charge in [0.2, 0.25) is 0 Å². The number of aliphatic hydroxyl groups is 1. The Morgan fingerprint density at radius 1 is 1.37 bits per heavy atom. The highest BCUT2D eigenvalue weighted by atomic mass is 32.2. The maximum Gasteiger partial charge on any atom is 0.279 e. The van der Waals surface area contributed by atoms with Crippen molar-refractivity contribution in [3.63, 3.8) is 0 Å². The zero-order valence-electron chi connectivity index (χ0n) is 12.2. The van der Waals surface area contributed by atoms with Gasteiger partial charge >= 0.3 is 0 Å². The molecule has 1 saturated heterocycles. The molecule has 1 heterocycles. The van der Waals surface area contributed by atoms with E-state index in [-0.39, 0.29) is 18.8 Å². The molecule has 1 aliphatic heterocycles. The summed E-state index contributed by atoms with van der Waals surface area (Å²) in [4.78, 5) is 0. The number of rotatable bonds is 6. The molecule has 1 fully saturated rings. The summed E-state index contributed by atoms with van der Waals surface area (Å²) in [6.45, 7) is 8.02. The first-order valence-electron chi connectivity index (χ1n) is 6.79. The largest absolute Gasteiger partial charge is 0.389 e. The third-order valence-corrected chi connectivity index (χ3v) is 4.64. The van der Waals surface area contributed by atoms with Crippen LogP contribution in [0.5, 0.6) is 0 Å². The van der Waals surface area contributed by atoms with Crippen molar-refractivity contribution in [1.82, 2.24) is 9.03 Å². The second-order valence-corrected chi connectivity index (χ2v) is 7.40. The van der Waals surface area contributed by atoms with Gasteiger partial charge in [-0.3, -0.25) is 0 Å².